The molecule has 0 radical (unpaired) electrons. The number of rotatable bonds is 2. The third-order valence-electron chi connectivity index (χ3n) is 1.66. The predicted octanol–water partition coefficient (Wildman–Crippen LogP) is 2.02. The minimum Gasteiger partial charge on any atom is -0.247 e. The van der Waals surface area contributed by atoms with Crippen LogP contribution in [0.2, 0.25) is 0 Å². The second-order valence-electron chi connectivity index (χ2n) is 2.60. The van der Waals surface area contributed by atoms with Gasteiger partial charge in [0.2, 0.25) is 0 Å². The van der Waals surface area contributed by atoms with Gasteiger partial charge in [0.05, 0.1) is 10.3 Å². The molecule has 0 spiro atoms. The van der Waals surface area contributed by atoms with E-state index >= 15 is 0 Å². The third kappa shape index (κ3) is 1.84. The minimum absolute atomic E-state index is 0.205. The third-order valence-corrected chi connectivity index (χ3v) is 3.47. The minimum atomic E-state index is 0.205. The molecule has 0 atom stereocenters. The SMILES string of the molecule is N#Cc1ncn(Cc2ccsc2Br)n1. The monoisotopic (exact) mass is 268 g/mol. The van der Waals surface area contributed by atoms with Crippen molar-refractivity contribution in [3.63, 3.8) is 0 Å². The molecule has 6 heteroatoms. The zero-order chi connectivity index (χ0) is 9.97. The highest BCUT2D eigenvalue weighted by atomic mass is 79.9. The van der Waals surface area contributed by atoms with Crippen molar-refractivity contribution >= 4 is 27.3 Å². The number of aromatic nitrogens is 3. The molecule has 0 bridgehead atoms. The lowest BCUT2D eigenvalue weighted by Gasteiger charge is -1.97. The molecule has 0 aromatic carbocycles. The smallest absolute Gasteiger partial charge is 0.247 e. The zero-order valence-corrected chi connectivity index (χ0v) is 9.42. The zero-order valence-electron chi connectivity index (χ0n) is 7.01. The molecular weight excluding hydrogens is 264 g/mol. The highest BCUT2D eigenvalue weighted by molar-refractivity contribution is 9.11. The van der Waals surface area contributed by atoms with Gasteiger partial charge in [-0.05, 0) is 32.9 Å². The Bertz CT molecular complexity index is 481. The Hall–Kier alpha value is -1.19. The Morgan fingerprint density at radius 3 is 3.07 bits per heavy atom. The van der Waals surface area contributed by atoms with Crippen LogP contribution in [0.1, 0.15) is 11.4 Å². The maximum absolute atomic E-state index is 8.54. The quantitative estimate of drug-likeness (QED) is 0.838. The molecular formula is C8H5BrN4S. The molecule has 0 unspecified atom stereocenters. The molecule has 0 saturated heterocycles. The first-order valence-corrected chi connectivity index (χ1v) is 5.48. The van der Waals surface area contributed by atoms with Crippen LogP contribution >= 0.6 is 27.3 Å². The molecule has 0 aliphatic carbocycles. The molecule has 0 amide bonds. The average Bonchev–Trinajstić information content (AvgIpc) is 2.77. The van der Waals surface area contributed by atoms with Crippen LogP contribution in [0.4, 0.5) is 0 Å². The van der Waals surface area contributed by atoms with E-state index in [-0.39, 0.29) is 5.82 Å². The van der Waals surface area contributed by atoms with Crippen LogP contribution in [0.25, 0.3) is 0 Å². The second kappa shape index (κ2) is 3.90. The predicted molar refractivity (Wildman–Crippen MR) is 55.9 cm³/mol. The first-order chi connectivity index (χ1) is 6.79. The van der Waals surface area contributed by atoms with E-state index in [1.165, 1.54) is 0 Å². The first kappa shape index (κ1) is 9.37. The largest absolute Gasteiger partial charge is 0.252 e. The van der Waals surface area contributed by atoms with Gasteiger partial charge >= 0.3 is 0 Å². The first-order valence-electron chi connectivity index (χ1n) is 3.81. The lowest BCUT2D eigenvalue weighted by Crippen LogP contribution is -1.99. The van der Waals surface area contributed by atoms with Gasteiger partial charge in [0.25, 0.3) is 5.82 Å². The number of halogens is 1. The van der Waals surface area contributed by atoms with Gasteiger partial charge in [-0.15, -0.1) is 16.4 Å². The summed E-state index contributed by atoms with van der Waals surface area (Å²) in [5.74, 6) is 0.205. The summed E-state index contributed by atoms with van der Waals surface area (Å²) in [6, 6.07) is 3.91. The van der Waals surface area contributed by atoms with E-state index in [1.54, 1.807) is 22.3 Å². The molecule has 0 aliphatic rings. The van der Waals surface area contributed by atoms with Crippen molar-refractivity contribution in [2.75, 3.05) is 0 Å². The van der Waals surface area contributed by atoms with E-state index < -0.39 is 0 Å². The Balaban J connectivity index is 2.20. The van der Waals surface area contributed by atoms with Crippen LogP contribution < -0.4 is 0 Å². The standard InChI is InChI=1S/C8H5BrN4S/c9-8-6(1-2-14-8)4-13-5-11-7(3-10)12-13/h1-2,5H,4H2. The Labute approximate surface area is 92.9 Å². The number of hydrogen-bond acceptors (Lipinski definition) is 4. The fourth-order valence-electron chi connectivity index (χ4n) is 1.03. The summed E-state index contributed by atoms with van der Waals surface area (Å²) in [6.07, 6.45) is 1.56. The van der Waals surface area contributed by atoms with Crippen molar-refractivity contribution in [1.29, 1.82) is 5.26 Å². The fraction of sp³-hybridized carbons (Fsp3) is 0.125. The highest BCUT2D eigenvalue weighted by Gasteiger charge is 2.04. The molecule has 70 valence electrons. The lowest BCUT2D eigenvalue weighted by molar-refractivity contribution is 0.682. The van der Waals surface area contributed by atoms with Gasteiger partial charge in [-0.2, -0.15) is 5.26 Å². The fourth-order valence-corrected chi connectivity index (χ4v) is 2.25. The van der Waals surface area contributed by atoms with E-state index in [2.05, 4.69) is 26.0 Å². The van der Waals surface area contributed by atoms with Crippen LogP contribution in [0, 0.1) is 11.3 Å². The van der Waals surface area contributed by atoms with Crippen LogP contribution in [0.5, 0.6) is 0 Å². The summed E-state index contributed by atoms with van der Waals surface area (Å²) in [5, 5.41) is 14.5. The summed E-state index contributed by atoms with van der Waals surface area (Å²) in [6.45, 7) is 0.638. The van der Waals surface area contributed by atoms with Crippen molar-refractivity contribution in [1.82, 2.24) is 14.8 Å². The van der Waals surface area contributed by atoms with Gasteiger partial charge < -0.3 is 0 Å². The van der Waals surface area contributed by atoms with E-state index in [1.807, 2.05) is 17.5 Å². The van der Waals surface area contributed by atoms with Gasteiger partial charge in [-0.25, -0.2) is 9.67 Å². The van der Waals surface area contributed by atoms with Gasteiger partial charge in [-0.1, -0.05) is 0 Å². The second-order valence-corrected chi connectivity index (χ2v) is 4.83. The van der Waals surface area contributed by atoms with Gasteiger partial charge in [0.15, 0.2) is 0 Å². The van der Waals surface area contributed by atoms with E-state index in [0.29, 0.717) is 6.54 Å². The van der Waals surface area contributed by atoms with Crippen molar-refractivity contribution in [2.24, 2.45) is 0 Å². The van der Waals surface area contributed by atoms with Gasteiger partial charge in [-0.3, -0.25) is 0 Å². The summed E-state index contributed by atoms with van der Waals surface area (Å²) < 4.78 is 2.73. The lowest BCUT2D eigenvalue weighted by atomic mass is 10.3. The molecule has 2 aromatic rings. The van der Waals surface area contributed by atoms with E-state index in [0.717, 1.165) is 9.35 Å². The highest BCUT2D eigenvalue weighted by Crippen LogP contribution is 2.23. The summed E-state index contributed by atoms with van der Waals surface area (Å²) >= 11 is 5.07. The molecule has 2 aromatic heterocycles. The Morgan fingerprint density at radius 2 is 2.50 bits per heavy atom. The normalized spacial score (nSPS) is 10.0. The van der Waals surface area contributed by atoms with E-state index in [4.69, 9.17) is 5.26 Å². The van der Waals surface area contributed by atoms with Crippen LogP contribution in [-0.4, -0.2) is 14.8 Å². The number of nitrogens with zero attached hydrogens (tertiary/aromatic N) is 4. The molecule has 14 heavy (non-hydrogen) atoms. The summed E-state index contributed by atoms with van der Waals surface area (Å²) in [5.41, 5.74) is 1.14. The molecule has 2 heterocycles. The van der Waals surface area contributed by atoms with Crippen molar-refractivity contribution in [2.45, 2.75) is 6.54 Å². The molecule has 0 fully saturated rings. The number of hydrogen-bond donors (Lipinski definition) is 0. The Morgan fingerprint density at radius 1 is 1.64 bits per heavy atom. The number of nitriles is 1. The van der Waals surface area contributed by atoms with Gasteiger partial charge in [0.1, 0.15) is 12.4 Å². The number of thiophene rings is 1. The Kier molecular flexibility index (Phi) is 2.61. The molecule has 2 rings (SSSR count). The summed E-state index contributed by atoms with van der Waals surface area (Å²) in [7, 11) is 0. The van der Waals surface area contributed by atoms with Crippen molar-refractivity contribution in [3.05, 3.63) is 32.9 Å². The van der Waals surface area contributed by atoms with Crippen molar-refractivity contribution in [3.8, 4) is 6.07 Å². The van der Waals surface area contributed by atoms with Crippen LogP contribution in [0.15, 0.2) is 21.6 Å². The maximum Gasteiger partial charge on any atom is 0.252 e. The topological polar surface area (TPSA) is 54.5 Å². The maximum atomic E-state index is 8.54. The van der Waals surface area contributed by atoms with E-state index in [9.17, 15) is 0 Å². The average molecular weight is 269 g/mol. The molecule has 4 nitrogen and oxygen atoms in total. The van der Waals surface area contributed by atoms with Crippen LogP contribution in [-0.2, 0) is 6.54 Å². The van der Waals surface area contributed by atoms with Gasteiger partial charge in [0, 0.05) is 0 Å². The molecule has 0 aliphatic heterocycles. The van der Waals surface area contributed by atoms with Crippen LogP contribution in [0.3, 0.4) is 0 Å². The summed E-state index contributed by atoms with van der Waals surface area (Å²) in [4.78, 5) is 3.82. The van der Waals surface area contributed by atoms with Crippen molar-refractivity contribution < 1.29 is 0 Å². The molecule has 0 N–H and O–H groups in total. The molecule has 0 saturated carbocycles.